The number of halogens is 1. The Hall–Kier alpha value is -0.680. The van der Waals surface area contributed by atoms with Crippen molar-refractivity contribution >= 4 is 21.7 Å². The maximum absolute atomic E-state index is 8.89. The maximum atomic E-state index is 8.89. The lowest BCUT2D eigenvalue weighted by atomic mass is 10.2. The number of hydrogen-bond acceptors (Lipinski definition) is 4. The zero-order valence-electron chi connectivity index (χ0n) is 10.6. The molecule has 0 aromatic carbocycles. The second-order valence-corrected chi connectivity index (χ2v) is 5.03. The highest BCUT2D eigenvalue weighted by atomic mass is 79.9. The van der Waals surface area contributed by atoms with E-state index in [1.165, 1.54) is 0 Å². The Morgan fingerprint density at radius 1 is 1.41 bits per heavy atom. The third-order valence-electron chi connectivity index (χ3n) is 2.51. The predicted octanol–water partition coefficient (Wildman–Crippen LogP) is 2.57. The molecule has 0 saturated carbocycles. The standard InChI is InChI=1S/C12H20BrN3O/c1-4-16(6-5-7-17)11-8-10(13)14-12(15-11)9(2)3/h8-9,17H,4-7H2,1-3H3. The van der Waals surface area contributed by atoms with E-state index in [-0.39, 0.29) is 6.61 Å². The molecule has 96 valence electrons. The fourth-order valence-electron chi connectivity index (χ4n) is 1.54. The van der Waals surface area contributed by atoms with Gasteiger partial charge in [0.15, 0.2) is 0 Å². The van der Waals surface area contributed by atoms with E-state index in [4.69, 9.17) is 5.11 Å². The molecule has 1 heterocycles. The molecule has 0 aliphatic carbocycles. The highest BCUT2D eigenvalue weighted by molar-refractivity contribution is 9.10. The Kier molecular flexibility index (Phi) is 5.85. The van der Waals surface area contributed by atoms with Gasteiger partial charge in [-0.3, -0.25) is 0 Å². The number of aliphatic hydroxyl groups excluding tert-OH is 1. The van der Waals surface area contributed by atoms with E-state index < -0.39 is 0 Å². The van der Waals surface area contributed by atoms with Gasteiger partial charge in [0.05, 0.1) is 0 Å². The minimum absolute atomic E-state index is 0.208. The summed E-state index contributed by atoms with van der Waals surface area (Å²) in [7, 11) is 0. The van der Waals surface area contributed by atoms with Crippen LogP contribution in [0.3, 0.4) is 0 Å². The molecule has 4 nitrogen and oxygen atoms in total. The molecule has 0 aliphatic rings. The van der Waals surface area contributed by atoms with Crippen LogP contribution < -0.4 is 4.90 Å². The molecule has 1 rings (SSSR count). The molecule has 5 heteroatoms. The SMILES string of the molecule is CCN(CCCO)c1cc(Br)nc(C(C)C)n1. The highest BCUT2D eigenvalue weighted by Gasteiger charge is 2.11. The fraction of sp³-hybridized carbons (Fsp3) is 0.667. The Bertz CT molecular complexity index is 358. The van der Waals surface area contributed by atoms with Crippen LogP contribution in [0.2, 0.25) is 0 Å². The lowest BCUT2D eigenvalue weighted by Crippen LogP contribution is -2.26. The van der Waals surface area contributed by atoms with Crippen LogP contribution in [-0.2, 0) is 0 Å². The van der Waals surface area contributed by atoms with Crippen molar-refractivity contribution in [3.05, 3.63) is 16.5 Å². The Morgan fingerprint density at radius 3 is 2.65 bits per heavy atom. The summed E-state index contributed by atoms with van der Waals surface area (Å²) in [6, 6.07) is 1.92. The number of aliphatic hydroxyl groups is 1. The molecule has 17 heavy (non-hydrogen) atoms. The molecule has 1 aromatic heterocycles. The van der Waals surface area contributed by atoms with Crippen LogP contribution in [0, 0.1) is 0 Å². The Morgan fingerprint density at radius 2 is 2.12 bits per heavy atom. The van der Waals surface area contributed by atoms with E-state index >= 15 is 0 Å². The van der Waals surface area contributed by atoms with Crippen LogP contribution in [0.5, 0.6) is 0 Å². The van der Waals surface area contributed by atoms with Gasteiger partial charge in [0.2, 0.25) is 0 Å². The van der Waals surface area contributed by atoms with Crippen molar-refractivity contribution in [1.29, 1.82) is 0 Å². The van der Waals surface area contributed by atoms with E-state index in [0.717, 1.165) is 35.8 Å². The van der Waals surface area contributed by atoms with Gasteiger partial charge in [0.25, 0.3) is 0 Å². The summed E-state index contributed by atoms with van der Waals surface area (Å²) in [5.41, 5.74) is 0. The van der Waals surface area contributed by atoms with Crippen LogP contribution in [0.15, 0.2) is 10.7 Å². The van der Waals surface area contributed by atoms with Gasteiger partial charge in [-0.15, -0.1) is 0 Å². The van der Waals surface area contributed by atoms with E-state index in [1.807, 2.05) is 6.07 Å². The molecule has 1 aromatic rings. The first-order chi connectivity index (χ1) is 8.08. The molecule has 0 aliphatic heterocycles. The highest BCUT2D eigenvalue weighted by Crippen LogP contribution is 2.20. The fourth-order valence-corrected chi connectivity index (χ4v) is 1.93. The summed E-state index contributed by atoms with van der Waals surface area (Å²) < 4.78 is 0.814. The van der Waals surface area contributed by atoms with E-state index in [0.29, 0.717) is 5.92 Å². The largest absolute Gasteiger partial charge is 0.396 e. The van der Waals surface area contributed by atoms with Crippen molar-refractivity contribution in [2.75, 3.05) is 24.6 Å². The molecule has 1 N–H and O–H groups in total. The van der Waals surface area contributed by atoms with E-state index in [2.05, 4.69) is 51.6 Å². The van der Waals surface area contributed by atoms with Crippen LogP contribution in [0.25, 0.3) is 0 Å². The average molecular weight is 302 g/mol. The molecule has 0 spiro atoms. The molecular weight excluding hydrogens is 282 g/mol. The van der Waals surface area contributed by atoms with Crippen molar-refractivity contribution in [2.45, 2.75) is 33.1 Å². The first-order valence-electron chi connectivity index (χ1n) is 5.98. The average Bonchev–Trinajstić information content (AvgIpc) is 2.29. The van der Waals surface area contributed by atoms with Gasteiger partial charge < -0.3 is 10.0 Å². The Balaban J connectivity index is 2.94. The smallest absolute Gasteiger partial charge is 0.134 e. The lowest BCUT2D eigenvalue weighted by molar-refractivity contribution is 0.289. The van der Waals surface area contributed by atoms with Crippen molar-refractivity contribution in [2.24, 2.45) is 0 Å². The van der Waals surface area contributed by atoms with Crippen molar-refractivity contribution < 1.29 is 5.11 Å². The molecule has 0 radical (unpaired) electrons. The molecule has 0 atom stereocenters. The van der Waals surface area contributed by atoms with Crippen LogP contribution in [0.4, 0.5) is 5.82 Å². The summed E-state index contributed by atoms with van der Waals surface area (Å²) in [5, 5.41) is 8.89. The van der Waals surface area contributed by atoms with Gasteiger partial charge in [-0.25, -0.2) is 9.97 Å². The molecule has 0 bridgehead atoms. The van der Waals surface area contributed by atoms with Gasteiger partial charge in [-0.1, -0.05) is 13.8 Å². The Labute approximate surface area is 111 Å². The third kappa shape index (κ3) is 4.24. The van der Waals surface area contributed by atoms with Gasteiger partial charge in [-0.2, -0.15) is 0 Å². The quantitative estimate of drug-likeness (QED) is 0.821. The minimum atomic E-state index is 0.208. The number of rotatable bonds is 6. The molecule has 0 fully saturated rings. The summed E-state index contributed by atoms with van der Waals surface area (Å²) >= 11 is 3.42. The first kappa shape index (κ1) is 14.4. The van der Waals surface area contributed by atoms with Gasteiger partial charge in [0.1, 0.15) is 16.2 Å². The van der Waals surface area contributed by atoms with Crippen molar-refractivity contribution in [1.82, 2.24) is 9.97 Å². The zero-order valence-corrected chi connectivity index (χ0v) is 12.2. The monoisotopic (exact) mass is 301 g/mol. The van der Waals surface area contributed by atoms with E-state index in [1.54, 1.807) is 0 Å². The van der Waals surface area contributed by atoms with Gasteiger partial charge in [0, 0.05) is 31.7 Å². The normalized spacial score (nSPS) is 10.9. The van der Waals surface area contributed by atoms with Gasteiger partial charge >= 0.3 is 0 Å². The molecule has 0 unspecified atom stereocenters. The molecular formula is C12H20BrN3O. The lowest BCUT2D eigenvalue weighted by Gasteiger charge is -2.22. The number of nitrogens with zero attached hydrogens (tertiary/aromatic N) is 3. The summed E-state index contributed by atoms with van der Waals surface area (Å²) in [6.45, 7) is 8.14. The van der Waals surface area contributed by atoms with Crippen LogP contribution in [0.1, 0.15) is 38.9 Å². The number of anilines is 1. The summed E-state index contributed by atoms with van der Waals surface area (Å²) in [4.78, 5) is 11.1. The first-order valence-corrected chi connectivity index (χ1v) is 6.78. The second-order valence-electron chi connectivity index (χ2n) is 4.22. The molecule has 0 saturated heterocycles. The number of hydrogen-bond donors (Lipinski definition) is 1. The second kappa shape index (κ2) is 6.91. The minimum Gasteiger partial charge on any atom is -0.396 e. The zero-order chi connectivity index (χ0) is 12.8. The van der Waals surface area contributed by atoms with Crippen LogP contribution >= 0.6 is 15.9 Å². The van der Waals surface area contributed by atoms with Crippen LogP contribution in [-0.4, -0.2) is 34.8 Å². The van der Waals surface area contributed by atoms with Crippen molar-refractivity contribution in [3.8, 4) is 0 Å². The van der Waals surface area contributed by atoms with E-state index in [9.17, 15) is 0 Å². The molecule has 0 amide bonds. The topological polar surface area (TPSA) is 49.2 Å². The summed E-state index contributed by atoms with van der Waals surface area (Å²) in [5.74, 6) is 2.08. The van der Waals surface area contributed by atoms with Gasteiger partial charge in [-0.05, 0) is 29.3 Å². The maximum Gasteiger partial charge on any atom is 0.134 e. The summed E-state index contributed by atoms with van der Waals surface area (Å²) in [6.07, 6.45) is 0.756. The van der Waals surface area contributed by atoms with Crippen molar-refractivity contribution in [3.63, 3.8) is 0 Å². The number of aromatic nitrogens is 2. The third-order valence-corrected chi connectivity index (χ3v) is 2.91. The predicted molar refractivity (Wildman–Crippen MR) is 73.4 cm³/mol.